The molecule has 1 aromatic rings. The highest BCUT2D eigenvalue weighted by Gasteiger charge is 2.52. The van der Waals surface area contributed by atoms with E-state index in [1.165, 1.54) is 13.8 Å². The van der Waals surface area contributed by atoms with Gasteiger partial charge in [0.1, 0.15) is 18.8 Å². The number of ether oxygens (including phenoxy) is 5. The van der Waals surface area contributed by atoms with Gasteiger partial charge in [-0.2, -0.15) is 0 Å². The number of esters is 4. The van der Waals surface area contributed by atoms with Crippen LogP contribution in [0.4, 0.5) is 0 Å². The van der Waals surface area contributed by atoms with Crippen molar-refractivity contribution in [3.8, 4) is 0 Å². The molecule has 0 unspecified atom stereocenters. The molecule has 5 atom stereocenters. The van der Waals surface area contributed by atoms with Crippen molar-refractivity contribution in [1.29, 1.82) is 0 Å². The molecule has 1 N–H and O–H groups in total. The lowest BCUT2D eigenvalue weighted by Crippen LogP contribution is -2.66. The van der Waals surface area contributed by atoms with Crippen molar-refractivity contribution in [3.05, 3.63) is 35.9 Å². The van der Waals surface area contributed by atoms with E-state index in [0.29, 0.717) is 5.56 Å². The molecular formula is C22H27NO10. The lowest BCUT2D eigenvalue weighted by Gasteiger charge is -2.44. The van der Waals surface area contributed by atoms with Crippen LogP contribution in [0.1, 0.15) is 33.3 Å². The number of amides is 1. The zero-order chi connectivity index (χ0) is 24.5. The Balaban J connectivity index is 2.35. The maximum atomic E-state index is 12.6. The maximum Gasteiger partial charge on any atom is 0.312 e. The third-order valence-electron chi connectivity index (χ3n) is 4.51. The lowest BCUT2D eigenvalue weighted by molar-refractivity contribution is -0.271. The minimum absolute atomic E-state index is 0.0896. The van der Waals surface area contributed by atoms with E-state index in [-0.39, 0.29) is 13.0 Å². The van der Waals surface area contributed by atoms with E-state index in [4.69, 9.17) is 23.7 Å². The predicted octanol–water partition coefficient (Wildman–Crippen LogP) is 0.428. The second-order valence-corrected chi connectivity index (χ2v) is 7.37. The second kappa shape index (κ2) is 12.0. The quantitative estimate of drug-likeness (QED) is 0.424. The Bertz CT molecular complexity index is 871. The zero-order valence-corrected chi connectivity index (χ0v) is 18.8. The van der Waals surface area contributed by atoms with E-state index in [1.54, 1.807) is 30.3 Å². The van der Waals surface area contributed by atoms with Crippen molar-refractivity contribution in [3.63, 3.8) is 0 Å². The van der Waals surface area contributed by atoms with Crippen molar-refractivity contribution >= 4 is 29.8 Å². The molecule has 0 bridgehead atoms. The maximum absolute atomic E-state index is 12.6. The number of rotatable bonds is 8. The van der Waals surface area contributed by atoms with Gasteiger partial charge in [0.05, 0.1) is 6.42 Å². The summed E-state index contributed by atoms with van der Waals surface area (Å²) in [4.78, 5) is 59.3. The van der Waals surface area contributed by atoms with Crippen LogP contribution in [-0.2, 0) is 54.1 Å². The third-order valence-corrected chi connectivity index (χ3v) is 4.51. The summed E-state index contributed by atoms with van der Waals surface area (Å²) in [5.74, 6) is -3.32. The molecule has 1 aromatic carbocycles. The van der Waals surface area contributed by atoms with Crippen LogP contribution >= 0.6 is 0 Å². The summed E-state index contributed by atoms with van der Waals surface area (Å²) < 4.78 is 26.9. The Morgan fingerprint density at radius 1 is 0.848 bits per heavy atom. The average molecular weight is 465 g/mol. The predicted molar refractivity (Wildman–Crippen MR) is 110 cm³/mol. The van der Waals surface area contributed by atoms with Crippen LogP contribution in [0.3, 0.4) is 0 Å². The van der Waals surface area contributed by atoms with E-state index >= 15 is 0 Å². The first-order valence-electron chi connectivity index (χ1n) is 10.2. The average Bonchev–Trinajstić information content (AvgIpc) is 2.70. The van der Waals surface area contributed by atoms with Crippen molar-refractivity contribution < 1.29 is 47.7 Å². The molecule has 0 spiro atoms. The minimum Gasteiger partial charge on any atom is -0.463 e. The van der Waals surface area contributed by atoms with Crippen LogP contribution < -0.4 is 5.32 Å². The van der Waals surface area contributed by atoms with Crippen LogP contribution in [0.25, 0.3) is 0 Å². The Labute approximate surface area is 190 Å². The third kappa shape index (κ3) is 8.19. The monoisotopic (exact) mass is 465 g/mol. The number of hydrogen-bond donors (Lipinski definition) is 1. The van der Waals surface area contributed by atoms with Crippen molar-refractivity contribution in [2.45, 2.75) is 64.8 Å². The van der Waals surface area contributed by atoms with Crippen LogP contribution in [0.5, 0.6) is 0 Å². The van der Waals surface area contributed by atoms with Gasteiger partial charge in [-0.25, -0.2) is 0 Å². The molecule has 1 amide bonds. The van der Waals surface area contributed by atoms with E-state index in [1.807, 2.05) is 0 Å². The lowest BCUT2D eigenvalue weighted by atomic mass is 9.96. The molecule has 1 heterocycles. The first kappa shape index (κ1) is 25.8. The molecule has 2 rings (SSSR count). The van der Waals surface area contributed by atoms with Gasteiger partial charge in [0.15, 0.2) is 12.2 Å². The van der Waals surface area contributed by atoms with Crippen molar-refractivity contribution in [1.82, 2.24) is 5.32 Å². The summed E-state index contributed by atoms with van der Waals surface area (Å²) in [7, 11) is 0. The van der Waals surface area contributed by atoms with E-state index in [2.05, 4.69) is 5.32 Å². The Kier molecular flexibility index (Phi) is 9.34. The highest BCUT2D eigenvalue weighted by molar-refractivity contribution is 5.75. The molecule has 1 saturated heterocycles. The van der Waals surface area contributed by atoms with Gasteiger partial charge < -0.3 is 29.0 Å². The van der Waals surface area contributed by atoms with E-state index < -0.39 is 60.4 Å². The highest BCUT2D eigenvalue weighted by atomic mass is 16.7. The van der Waals surface area contributed by atoms with Gasteiger partial charge in [-0.05, 0) is 5.56 Å². The number of carbonyl (C=O) groups excluding carboxylic acids is 5. The summed E-state index contributed by atoms with van der Waals surface area (Å²) in [6, 6.07) is 7.57. The molecule has 1 fully saturated rings. The first-order valence-corrected chi connectivity index (χ1v) is 10.2. The van der Waals surface area contributed by atoms with E-state index in [0.717, 1.165) is 13.8 Å². The summed E-state index contributed by atoms with van der Waals surface area (Å²) in [5, 5.41) is 2.53. The molecule has 1 aliphatic heterocycles. The molecule has 0 saturated carbocycles. The van der Waals surface area contributed by atoms with Crippen LogP contribution in [0.2, 0.25) is 0 Å². The van der Waals surface area contributed by atoms with Crippen LogP contribution in [0.15, 0.2) is 30.3 Å². The Morgan fingerprint density at radius 3 is 2.00 bits per heavy atom. The normalized spacial score (nSPS) is 24.2. The number of hydrogen-bond acceptors (Lipinski definition) is 10. The fourth-order valence-electron chi connectivity index (χ4n) is 3.33. The molecule has 33 heavy (non-hydrogen) atoms. The summed E-state index contributed by atoms with van der Waals surface area (Å²) in [6.07, 6.45) is -5.22. The summed E-state index contributed by atoms with van der Waals surface area (Å²) in [6.45, 7) is 4.25. The number of nitrogens with one attached hydrogen (secondary N) is 1. The van der Waals surface area contributed by atoms with Crippen molar-refractivity contribution in [2.75, 3.05) is 6.61 Å². The van der Waals surface area contributed by atoms with Gasteiger partial charge in [0.25, 0.3) is 0 Å². The fraction of sp³-hybridized carbons (Fsp3) is 0.500. The molecule has 1 aliphatic rings. The second-order valence-electron chi connectivity index (χ2n) is 7.37. The molecule has 0 radical (unpaired) electrons. The van der Waals surface area contributed by atoms with Crippen molar-refractivity contribution in [2.24, 2.45) is 0 Å². The Hall–Kier alpha value is -3.47. The van der Waals surface area contributed by atoms with E-state index in [9.17, 15) is 24.0 Å². The smallest absolute Gasteiger partial charge is 0.312 e. The molecule has 0 aliphatic carbocycles. The minimum atomic E-state index is -1.43. The van der Waals surface area contributed by atoms with Gasteiger partial charge in [0, 0.05) is 27.7 Å². The van der Waals surface area contributed by atoms with Crippen LogP contribution in [0, 0.1) is 0 Å². The van der Waals surface area contributed by atoms with Crippen LogP contribution in [-0.4, -0.2) is 67.0 Å². The van der Waals surface area contributed by atoms with Gasteiger partial charge >= 0.3 is 23.9 Å². The Morgan fingerprint density at radius 2 is 1.45 bits per heavy atom. The standard InChI is InChI=1S/C22H27NO10/c1-12(24)23-19-21(31-15(4)27)20(30-14(3)26)17(11-29-13(2)25)32-22(19)33-18(28)10-16-8-6-5-7-9-16/h5-9,17,19-22H,10-11H2,1-4H3,(H,23,24)/t17-,19-,20+,21+,22+/m0/s1. The topological polar surface area (TPSA) is 144 Å². The summed E-state index contributed by atoms with van der Waals surface area (Å²) >= 11 is 0. The molecule has 0 aromatic heterocycles. The zero-order valence-electron chi connectivity index (χ0n) is 18.8. The van der Waals surface area contributed by atoms with Gasteiger partial charge in [-0.1, -0.05) is 30.3 Å². The molecule has 11 nitrogen and oxygen atoms in total. The molecular weight excluding hydrogens is 438 g/mol. The fourth-order valence-corrected chi connectivity index (χ4v) is 3.33. The highest BCUT2D eigenvalue weighted by Crippen LogP contribution is 2.28. The first-order chi connectivity index (χ1) is 15.6. The largest absolute Gasteiger partial charge is 0.463 e. The van der Waals surface area contributed by atoms with Gasteiger partial charge in [-0.3, -0.25) is 24.0 Å². The molecule has 180 valence electrons. The van der Waals surface area contributed by atoms with Gasteiger partial charge in [0.2, 0.25) is 12.2 Å². The number of benzene rings is 1. The number of carbonyl (C=O) groups is 5. The SMILES string of the molecule is CC(=O)N[C@@H]1[C@@H](OC(=O)Cc2ccccc2)O[C@@H](COC(C)=O)[C@@H](OC(C)=O)[C@@H]1OC(C)=O. The summed E-state index contributed by atoms with van der Waals surface area (Å²) in [5.41, 5.74) is 0.681. The molecule has 11 heteroatoms. The van der Waals surface area contributed by atoms with Gasteiger partial charge in [-0.15, -0.1) is 0 Å².